The van der Waals surface area contributed by atoms with Crippen LogP contribution in [0.15, 0.2) is 6.33 Å². The molecule has 2 bridgehead atoms. The van der Waals surface area contributed by atoms with Crippen LogP contribution in [0.2, 0.25) is 0 Å². The molecule has 100 valence electrons. The Balaban J connectivity index is 1.75. The molecular formula is C13H21BrN4. The van der Waals surface area contributed by atoms with Gasteiger partial charge in [-0.05, 0) is 39.5 Å². The van der Waals surface area contributed by atoms with Crippen LogP contribution in [0.5, 0.6) is 0 Å². The van der Waals surface area contributed by atoms with Gasteiger partial charge in [0.2, 0.25) is 0 Å². The molecule has 3 heterocycles. The normalized spacial score (nSPS) is 32.3. The third-order valence-electron chi connectivity index (χ3n) is 4.29. The minimum atomic E-state index is 0.397. The van der Waals surface area contributed by atoms with Crippen molar-refractivity contribution < 1.29 is 0 Å². The molecule has 2 atom stereocenters. The van der Waals surface area contributed by atoms with Crippen molar-refractivity contribution in [2.45, 2.75) is 69.0 Å². The molecule has 2 aliphatic rings. The van der Waals surface area contributed by atoms with Crippen molar-refractivity contribution in [3.63, 3.8) is 0 Å². The van der Waals surface area contributed by atoms with Gasteiger partial charge in [0.25, 0.3) is 0 Å². The number of rotatable bonds is 3. The Hall–Kier alpha value is -0.420. The quantitative estimate of drug-likeness (QED) is 0.805. The Morgan fingerprint density at radius 1 is 1.33 bits per heavy atom. The van der Waals surface area contributed by atoms with Gasteiger partial charge < -0.3 is 0 Å². The number of halogens is 1. The van der Waals surface area contributed by atoms with E-state index < -0.39 is 0 Å². The first-order valence-corrected chi connectivity index (χ1v) is 7.85. The first kappa shape index (κ1) is 12.6. The van der Waals surface area contributed by atoms with Crippen LogP contribution in [0.1, 0.15) is 51.4 Å². The highest BCUT2D eigenvalue weighted by molar-refractivity contribution is 9.09. The lowest BCUT2D eigenvalue weighted by Gasteiger charge is -2.36. The fourth-order valence-corrected chi connectivity index (χ4v) is 4.31. The molecule has 0 radical (unpaired) electrons. The molecule has 1 aromatic rings. The summed E-state index contributed by atoms with van der Waals surface area (Å²) >= 11 is 3.79. The van der Waals surface area contributed by atoms with Crippen molar-refractivity contribution in [2.75, 3.05) is 0 Å². The molecule has 2 unspecified atom stereocenters. The second-order valence-corrected chi connectivity index (χ2v) is 7.14. The highest BCUT2D eigenvalue weighted by Crippen LogP contribution is 2.39. The Morgan fingerprint density at radius 2 is 2.00 bits per heavy atom. The fraction of sp³-hybridized carbons (Fsp3) is 0.846. The van der Waals surface area contributed by atoms with Crippen molar-refractivity contribution in [2.24, 2.45) is 0 Å². The number of hydrogen-bond donors (Lipinski definition) is 0. The van der Waals surface area contributed by atoms with E-state index in [-0.39, 0.29) is 0 Å². The summed E-state index contributed by atoms with van der Waals surface area (Å²) in [5.41, 5.74) is 0. The van der Waals surface area contributed by atoms with Gasteiger partial charge in [0, 0.05) is 23.0 Å². The van der Waals surface area contributed by atoms with E-state index in [4.69, 9.17) is 0 Å². The molecule has 0 saturated carbocycles. The van der Waals surface area contributed by atoms with Gasteiger partial charge in [0.1, 0.15) is 12.2 Å². The van der Waals surface area contributed by atoms with Crippen molar-refractivity contribution in [3.8, 4) is 0 Å². The molecule has 2 aliphatic heterocycles. The highest BCUT2D eigenvalue weighted by atomic mass is 79.9. The highest BCUT2D eigenvalue weighted by Gasteiger charge is 2.40. The molecule has 0 aliphatic carbocycles. The summed E-state index contributed by atoms with van der Waals surface area (Å²) in [4.78, 5) is 7.82. The van der Waals surface area contributed by atoms with E-state index in [2.05, 4.69) is 49.4 Å². The summed E-state index contributed by atoms with van der Waals surface area (Å²) in [6.45, 7) is 5.29. The van der Waals surface area contributed by atoms with Crippen LogP contribution in [0, 0.1) is 0 Å². The van der Waals surface area contributed by atoms with E-state index in [1.165, 1.54) is 25.7 Å². The van der Waals surface area contributed by atoms with E-state index in [9.17, 15) is 0 Å². The molecular weight excluding hydrogens is 292 g/mol. The maximum Gasteiger partial charge on any atom is 0.141 e. The largest absolute Gasteiger partial charge is 0.290 e. The summed E-state index contributed by atoms with van der Waals surface area (Å²) in [6, 6.07) is 1.88. The first-order chi connectivity index (χ1) is 8.65. The number of nitrogens with zero attached hydrogens (tertiary/aromatic N) is 4. The zero-order valence-corrected chi connectivity index (χ0v) is 12.7. The van der Waals surface area contributed by atoms with Crippen molar-refractivity contribution in [1.82, 2.24) is 19.7 Å². The molecule has 2 fully saturated rings. The van der Waals surface area contributed by atoms with E-state index in [1.807, 2.05) is 0 Å². The van der Waals surface area contributed by atoms with E-state index >= 15 is 0 Å². The monoisotopic (exact) mass is 312 g/mol. The number of aromatic nitrogens is 3. The van der Waals surface area contributed by atoms with Gasteiger partial charge in [-0.15, -0.1) is 0 Å². The maximum absolute atomic E-state index is 4.45. The Morgan fingerprint density at radius 3 is 2.61 bits per heavy atom. The van der Waals surface area contributed by atoms with Gasteiger partial charge in [-0.1, -0.05) is 15.9 Å². The minimum Gasteiger partial charge on any atom is -0.290 e. The Kier molecular flexibility index (Phi) is 3.45. The predicted octanol–water partition coefficient (Wildman–Crippen LogP) is 2.75. The van der Waals surface area contributed by atoms with Gasteiger partial charge in [0.15, 0.2) is 0 Å². The summed E-state index contributed by atoms with van der Waals surface area (Å²) in [7, 11) is 0. The number of alkyl halides is 1. The van der Waals surface area contributed by atoms with Gasteiger partial charge in [-0.2, -0.15) is 5.10 Å². The van der Waals surface area contributed by atoms with E-state index in [1.54, 1.807) is 6.33 Å². The SMILES string of the molecule is CC(C)n1ncnc1CN1C2CCC1CC(Br)C2. The smallest absolute Gasteiger partial charge is 0.141 e. The molecule has 18 heavy (non-hydrogen) atoms. The Labute approximate surface area is 117 Å². The molecule has 4 nitrogen and oxygen atoms in total. The third-order valence-corrected chi connectivity index (χ3v) is 5.03. The molecule has 0 aromatic carbocycles. The van der Waals surface area contributed by atoms with Crippen LogP contribution < -0.4 is 0 Å². The summed E-state index contributed by atoms with van der Waals surface area (Å²) < 4.78 is 2.06. The maximum atomic E-state index is 4.45. The lowest BCUT2D eigenvalue weighted by Crippen LogP contribution is -2.43. The first-order valence-electron chi connectivity index (χ1n) is 6.93. The van der Waals surface area contributed by atoms with Crippen LogP contribution in [-0.2, 0) is 6.54 Å². The molecule has 2 saturated heterocycles. The molecule has 0 spiro atoms. The standard InChI is InChI=1S/C13H21BrN4/c1-9(2)18-13(15-8-16-18)7-17-11-3-4-12(17)6-10(14)5-11/h8-12H,3-7H2,1-2H3. The van der Waals surface area contributed by atoms with Gasteiger partial charge in [-0.25, -0.2) is 9.67 Å². The van der Waals surface area contributed by atoms with Gasteiger partial charge in [0.05, 0.1) is 6.54 Å². The second kappa shape index (κ2) is 4.93. The van der Waals surface area contributed by atoms with Crippen LogP contribution in [0.3, 0.4) is 0 Å². The number of piperidine rings is 1. The average molecular weight is 313 g/mol. The minimum absolute atomic E-state index is 0.397. The van der Waals surface area contributed by atoms with Crippen molar-refractivity contribution in [3.05, 3.63) is 12.2 Å². The van der Waals surface area contributed by atoms with Crippen LogP contribution in [0.25, 0.3) is 0 Å². The summed E-state index contributed by atoms with van der Waals surface area (Å²) in [5, 5.41) is 4.34. The molecule has 0 amide bonds. The second-order valence-electron chi connectivity index (χ2n) is 5.84. The molecule has 3 rings (SSSR count). The molecule has 1 aromatic heterocycles. The summed E-state index contributed by atoms with van der Waals surface area (Å²) in [6.07, 6.45) is 6.96. The molecule has 5 heteroatoms. The van der Waals surface area contributed by atoms with Crippen molar-refractivity contribution >= 4 is 15.9 Å². The summed E-state index contributed by atoms with van der Waals surface area (Å²) in [5.74, 6) is 1.12. The molecule has 0 N–H and O–H groups in total. The zero-order chi connectivity index (χ0) is 12.7. The van der Waals surface area contributed by atoms with Crippen molar-refractivity contribution in [1.29, 1.82) is 0 Å². The predicted molar refractivity (Wildman–Crippen MR) is 74.7 cm³/mol. The van der Waals surface area contributed by atoms with Crippen LogP contribution >= 0.6 is 15.9 Å². The topological polar surface area (TPSA) is 34.0 Å². The number of fused-ring (bicyclic) bond motifs is 2. The third kappa shape index (κ3) is 2.23. The Bertz CT molecular complexity index is 403. The lowest BCUT2D eigenvalue weighted by atomic mass is 10.0. The zero-order valence-electron chi connectivity index (χ0n) is 11.1. The lowest BCUT2D eigenvalue weighted by molar-refractivity contribution is 0.130. The van der Waals surface area contributed by atoms with Crippen LogP contribution in [0.4, 0.5) is 0 Å². The number of hydrogen-bond acceptors (Lipinski definition) is 3. The van der Waals surface area contributed by atoms with E-state index in [0.717, 1.165) is 24.5 Å². The average Bonchev–Trinajstić information content (AvgIpc) is 2.85. The van der Waals surface area contributed by atoms with Gasteiger partial charge >= 0.3 is 0 Å². The fourth-order valence-electron chi connectivity index (χ4n) is 3.45. The van der Waals surface area contributed by atoms with Crippen LogP contribution in [-0.4, -0.2) is 36.6 Å². The van der Waals surface area contributed by atoms with Gasteiger partial charge in [-0.3, -0.25) is 4.90 Å². The van der Waals surface area contributed by atoms with E-state index in [0.29, 0.717) is 10.9 Å².